The Balaban J connectivity index is 2.81. The SMILES string of the molecule is N=C(N)c1sc2ccccc2c1N. The van der Waals surface area contributed by atoms with Gasteiger partial charge in [0.1, 0.15) is 5.84 Å². The largest absolute Gasteiger partial charge is 0.397 e. The molecular weight excluding hydrogens is 182 g/mol. The van der Waals surface area contributed by atoms with Crippen LogP contribution in [0.15, 0.2) is 24.3 Å². The summed E-state index contributed by atoms with van der Waals surface area (Å²) in [7, 11) is 0. The zero-order valence-corrected chi connectivity index (χ0v) is 7.69. The molecule has 13 heavy (non-hydrogen) atoms. The van der Waals surface area contributed by atoms with Crippen LogP contribution in [0.2, 0.25) is 0 Å². The highest BCUT2D eigenvalue weighted by Crippen LogP contribution is 2.32. The zero-order valence-electron chi connectivity index (χ0n) is 6.87. The molecule has 0 saturated carbocycles. The van der Waals surface area contributed by atoms with Crippen LogP contribution < -0.4 is 11.5 Å². The predicted molar refractivity (Wildman–Crippen MR) is 57.3 cm³/mol. The summed E-state index contributed by atoms with van der Waals surface area (Å²) in [5.41, 5.74) is 11.8. The third-order valence-corrected chi connectivity index (χ3v) is 3.10. The van der Waals surface area contributed by atoms with Crippen molar-refractivity contribution in [1.82, 2.24) is 0 Å². The van der Waals surface area contributed by atoms with Gasteiger partial charge in [0.25, 0.3) is 0 Å². The Kier molecular flexibility index (Phi) is 1.70. The lowest BCUT2D eigenvalue weighted by molar-refractivity contribution is 1.46. The molecule has 0 aliphatic heterocycles. The lowest BCUT2D eigenvalue weighted by atomic mass is 10.2. The van der Waals surface area contributed by atoms with E-state index in [0.717, 1.165) is 10.1 Å². The number of nitrogen functional groups attached to an aromatic ring is 2. The van der Waals surface area contributed by atoms with E-state index in [-0.39, 0.29) is 5.84 Å². The van der Waals surface area contributed by atoms with E-state index >= 15 is 0 Å². The van der Waals surface area contributed by atoms with Gasteiger partial charge < -0.3 is 11.5 Å². The lowest BCUT2D eigenvalue weighted by Gasteiger charge is -1.93. The van der Waals surface area contributed by atoms with Crippen molar-refractivity contribution >= 4 is 32.9 Å². The van der Waals surface area contributed by atoms with Crippen LogP contribution in [0.1, 0.15) is 4.88 Å². The number of anilines is 1. The van der Waals surface area contributed by atoms with Crippen molar-refractivity contribution in [3.8, 4) is 0 Å². The number of benzene rings is 1. The molecule has 0 spiro atoms. The number of nitrogens with two attached hydrogens (primary N) is 2. The van der Waals surface area contributed by atoms with E-state index in [2.05, 4.69) is 0 Å². The summed E-state index contributed by atoms with van der Waals surface area (Å²) < 4.78 is 1.07. The molecule has 0 fully saturated rings. The van der Waals surface area contributed by atoms with Crippen LogP contribution in [0.3, 0.4) is 0 Å². The van der Waals surface area contributed by atoms with E-state index in [0.29, 0.717) is 10.6 Å². The van der Waals surface area contributed by atoms with E-state index in [9.17, 15) is 0 Å². The van der Waals surface area contributed by atoms with Crippen molar-refractivity contribution in [2.24, 2.45) is 5.73 Å². The van der Waals surface area contributed by atoms with Crippen LogP contribution in [-0.4, -0.2) is 5.84 Å². The Morgan fingerprint density at radius 3 is 2.62 bits per heavy atom. The Hall–Kier alpha value is -1.55. The smallest absolute Gasteiger partial charge is 0.135 e. The third kappa shape index (κ3) is 1.15. The molecule has 4 heteroatoms. The van der Waals surface area contributed by atoms with E-state index in [1.165, 1.54) is 11.3 Å². The zero-order chi connectivity index (χ0) is 9.42. The molecule has 2 rings (SSSR count). The molecule has 0 unspecified atom stereocenters. The Morgan fingerprint density at radius 1 is 1.31 bits per heavy atom. The molecule has 2 aromatic rings. The van der Waals surface area contributed by atoms with E-state index in [1.807, 2.05) is 24.3 Å². The molecule has 0 amide bonds. The van der Waals surface area contributed by atoms with Crippen molar-refractivity contribution in [2.45, 2.75) is 0 Å². The van der Waals surface area contributed by atoms with Crippen LogP contribution in [0.25, 0.3) is 10.1 Å². The number of rotatable bonds is 1. The molecule has 0 aliphatic rings. The van der Waals surface area contributed by atoms with Crippen molar-refractivity contribution in [3.63, 3.8) is 0 Å². The van der Waals surface area contributed by atoms with Gasteiger partial charge in [-0.15, -0.1) is 11.3 Å². The van der Waals surface area contributed by atoms with Gasteiger partial charge in [-0.3, -0.25) is 5.41 Å². The Bertz CT molecular complexity index is 473. The standard InChI is InChI=1S/C9H9N3S/c10-7-5-3-1-2-4-6(5)13-8(7)9(11)12/h1-4H,10H2,(H3,11,12). The molecule has 1 aromatic heterocycles. The first-order valence-electron chi connectivity index (χ1n) is 3.81. The molecular formula is C9H9N3S. The van der Waals surface area contributed by atoms with Crippen molar-refractivity contribution < 1.29 is 0 Å². The number of hydrogen-bond donors (Lipinski definition) is 3. The van der Waals surface area contributed by atoms with Gasteiger partial charge in [-0.05, 0) is 6.07 Å². The second kappa shape index (κ2) is 2.74. The topological polar surface area (TPSA) is 75.9 Å². The molecule has 0 bridgehead atoms. The fourth-order valence-electron chi connectivity index (χ4n) is 1.27. The summed E-state index contributed by atoms with van der Waals surface area (Å²) in [6, 6.07) is 7.79. The van der Waals surface area contributed by atoms with Gasteiger partial charge in [-0.2, -0.15) is 0 Å². The predicted octanol–water partition coefficient (Wildman–Crippen LogP) is 1.77. The van der Waals surface area contributed by atoms with Crippen molar-refractivity contribution in [2.75, 3.05) is 5.73 Å². The number of amidine groups is 1. The minimum absolute atomic E-state index is 0.0405. The van der Waals surface area contributed by atoms with E-state index < -0.39 is 0 Å². The molecule has 0 saturated heterocycles. The second-order valence-electron chi connectivity index (χ2n) is 2.75. The summed E-state index contributed by atoms with van der Waals surface area (Å²) in [6.07, 6.45) is 0. The number of thiophene rings is 1. The Morgan fingerprint density at radius 2 is 2.00 bits per heavy atom. The van der Waals surface area contributed by atoms with Crippen molar-refractivity contribution in [1.29, 1.82) is 5.41 Å². The molecule has 1 heterocycles. The number of nitrogens with one attached hydrogen (secondary N) is 1. The van der Waals surface area contributed by atoms with Crippen LogP contribution in [0, 0.1) is 5.41 Å². The van der Waals surface area contributed by atoms with Gasteiger partial charge in [0.15, 0.2) is 0 Å². The minimum atomic E-state index is 0.0405. The summed E-state index contributed by atoms with van der Waals surface area (Å²) in [5.74, 6) is 0.0405. The first-order chi connectivity index (χ1) is 6.20. The molecule has 0 aliphatic carbocycles. The van der Waals surface area contributed by atoms with Gasteiger partial charge in [0, 0.05) is 10.1 Å². The molecule has 0 atom stereocenters. The van der Waals surface area contributed by atoms with Crippen molar-refractivity contribution in [3.05, 3.63) is 29.1 Å². The van der Waals surface area contributed by atoms with Crippen LogP contribution in [-0.2, 0) is 0 Å². The summed E-state index contributed by atoms with van der Waals surface area (Å²) >= 11 is 1.46. The maximum Gasteiger partial charge on any atom is 0.135 e. The molecule has 3 nitrogen and oxygen atoms in total. The quantitative estimate of drug-likeness (QED) is 0.474. The van der Waals surface area contributed by atoms with E-state index in [4.69, 9.17) is 16.9 Å². The fourth-order valence-corrected chi connectivity index (χ4v) is 2.25. The normalized spacial score (nSPS) is 10.5. The Labute approximate surface area is 79.5 Å². The van der Waals surface area contributed by atoms with Gasteiger partial charge in [0.2, 0.25) is 0 Å². The fraction of sp³-hybridized carbons (Fsp3) is 0. The molecule has 0 radical (unpaired) electrons. The van der Waals surface area contributed by atoms with Gasteiger partial charge in [-0.25, -0.2) is 0 Å². The van der Waals surface area contributed by atoms with Crippen LogP contribution >= 0.6 is 11.3 Å². The summed E-state index contributed by atoms with van der Waals surface area (Å²) in [6.45, 7) is 0. The summed E-state index contributed by atoms with van der Waals surface area (Å²) in [4.78, 5) is 0.668. The first-order valence-corrected chi connectivity index (χ1v) is 4.63. The monoisotopic (exact) mass is 191 g/mol. The number of fused-ring (bicyclic) bond motifs is 1. The van der Waals surface area contributed by atoms with Crippen LogP contribution in [0.4, 0.5) is 5.69 Å². The maximum atomic E-state index is 7.32. The molecule has 66 valence electrons. The highest BCUT2D eigenvalue weighted by molar-refractivity contribution is 7.21. The second-order valence-corrected chi connectivity index (χ2v) is 3.81. The number of hydrogen-bond acceptors (Lipinski definition) is 3. The minimum Gasteiger partial charge on any atom is -0.397 e. The average Bonchev–Trinajstić information content (AvgIpc) is 2.45. The lowest BCUT2D eigenvalue weighted by Crippen LogP contribution is -2.10. The molecule has 5 N–H and O–H groups in total. The third-order valence-electron chi connectivity index (χ3n) is 1.88. The van der Waals surface area contributed by atoms with Gasteiger partial charge in [0.05, 0.1) is 10.6 Å². The highest BCUT2D eigenvalue weighted by atomic mass is 32.1. The molecule has 1 aromatic carbocycles. The van der Waals surface area contributed by atoms with Gasteiger partial charge >= 0.3 is 0 Å². The summed E-state index contributed by atoms with van der Waals surface area (Å²) in [5, 5.41) is 8.30. The average molecular weight is 191 g/mol. The van der Waals surface area contributed by atoms with E-state index in [1.54, 1.807) is 0 Å². The van der Waals surface area contributed by atoms with Gasteiger partial charge in [-0.1, -0.05) is 18.2 Å². The maximum absolute atomic E-state index is 7.32. The highest BCUT2D eigenvalue weighted by Gasteiger charge is 2.09. The van der Waals surface area contributed by atoms with Crippen LogP contribution in [0.5, 0.6) is 0 Å². The first kappa shape index (κ1) is 8.07.